The summed E-state index contributed by atoms with van der Waals surface area (Å²) in [4.78, 5) is 11.0. The number of benzene rings is 1. The van der Waals surface area contributed by atoms with E-state index in [0.29, 0.717) is 22.7 Å². The highest BCUT2D eigenvalue weighted by Crippen LogP contribution is 2.21. The van der Waals surface area contributed by atoms with E-state index in [4.69, 9.17) is 15.1 Å². The van der Waals surface area contributed by atoms with Gasteiger partial charge < -0.3 is 9.84 Å². The van der Waals surface area contributed by atoms with Crippen molar-refractivity contribution in [3.8, 4) is 17.5 Å². The number of rotatable bonds is 3. The van der Waals surface area contributed by atoms with E-state index in [2.05, 4.69) is 5.10 Å². The highest BCUT2D eigenvalue weighted by atomic mass is 16.5. The molecule has 6 heteroatoms. The Hall–Kier alpha value is -2.81. The second kappa shape index (κ2) is 4.82. The minimum Gasteiger partial charge on any atom is -0.497 e. The van der Waals surface area contributed by atoms with Gasteiger partial charge in [-0.15, -0.1) is 0 Å². The number of carboxylic acid groups (broad SMARTS) is 1. The Kier molecular flexibility index (Phi) is 3.21. The summed E-state index contributed by atoms with van der Waals surface area (Å²) >= 11 is 0. The molecule has 0 fully saturated rings. The summed E-state index contributed by atoms with van der Waals surface area (Å²) in [5, 5.41) is 22.2. The van der Waals surface area contributed by atoms with Crippen LogP contribution in [0.5, 0.6) is 5.75 Å². The van der Waals surface area contributed by atoms with Crippen molar-refractivity contribution >= 4 is 5.97 Å². The summed E-state index contributed by atoms with van der Waals surface area (Å²) in [7, 11) is 1.52. The van der Waals surface area contributed by atoms with Crippen molar-refractivity contribution in [2.45, 2.75) is 6.92 Å². The van der Waals surface area contributed by atoms with Gasteiger partial charge in [-0.2, -0.15) is 10.4 Å². The molecule has 0 radical (unpaired) electrons. The van der Waals surface area contributed by atoms with Crippen LogP contribution in [-0.2, 0) is 0 Å². The molecule has 19 heavy (non-hydrogen) atoms. The Labute approximate surface area is 109 Å². The van der Waals surface area contributed by atoms with Gasteiger partial charge in [0.1, 0.15) is 17.4 Å². The number of hydrogen-bond donors (Lipinski definition) is 1. The number of methoxy groups -OCH3 is 1. The zero-order valence-corrected chi connectivity index (χ0v) is 10.4. The maximum Gasteiger partial charge on any atom is 0.339 e. The van der Waals surface area contributed by atoms with Crippen LogP contribution < -0.4 is 4.74 Å². The first kappa shape index (κ1) is 12.6. The zero-order chi connectivity index (χ0) is 14.0. The zero-order valence-electron chi connectivity index (χ0n) is 10.4. The Morgan fingerprint density at radius 1 is 1.53 bits per heavy atom. The average molecular weight is 257 g/mol. The number of carbonyl (C=O) groups is 1. The van der Waals surface area contributed by atoms with E-state index in [1.54, 1.807) is 25.1 Å². The highest BCUT2D eigenvalue weighted by Gasteiger charge is 2.15. The van der Waals surface area contributed by atoms with E-state index in [9.17, 15) is 4.79 Å². The lowest BCUT2D eigenvalue weighted by Gasteiger charge is -2.06. The molecule has 1 aromatic heterocycles. The van der Waals surface area contributed by atoms with Gasteiger partial charge in [-0.3, -0.25) is 0 Å². The van der Waals surface area contributed by atoms with Gasteiger partial charge in [-0.25, -0.2) is 9.48 Å². The fourth-order valence-corrected chi connectivity index (χ4v) is 1.72. The molecule has 0 amide bonds. The fourth-order valence-electron chi connectivity index (χ4n) is 1.72. The van der Waals surface area contributed by atoms with Crippen LogP contribution in [0.1, 0.15) is 21.6 Å². The van der Waals surface area contributed by atoms with Gasteiger partial charge in [0.15, 0.2) is 0 Å². The highest BCUT2D eigenvalue weighted by molar-refractivity contribution is 5.88. The Bertz CT molecular complexity index is 683. The van der Waals surface area contributed by atoms with Crippen molar-refractivity contribution in [1.82, 2.24) is 9.78 Å². The van der Waals surface area contributed by atoms with Crippen molar-refractivity contribution in [2.24, 2.45) is 0 Å². The van der Waals surface area contributed by atoms with Crippen LogP contribution in [0.2, 0.25) is 0 Å². The van der Waals surface area contributed by atoms with Crippen LogP contribution in [0.25, 0.3) is 5.69 Å². The first-order chi connectivity index (χ1) is 9.06. The molecule has 0 saturated heterocycles. The SMILES string of the molecule is COc1ccc(C#N)c(-n2cc(C(=O)O)c(C)n2)c1. The smallest absolute Gasteiger partial charge is 0.339 e. The van der Waals surface area contributed by atoms with Crippen LogP contribution in [0.15, 0.2) is 24.4 Å². The standard InChI is InChI=1S/C13H11N3O3/c1-8-11(13(17)18)7-16(15-8)12-5-10(19-2)4-3-9(12)6-14/h3-5,7H,1-2H3,(H,17,18). The van der Waals surface area contributed by atoms with Crippen LogP contribution in [-0.4, -0.2) is 28.0 Å². The van der Waals surface area contributed by atoms with Crippen LogP contribution in [0, 0.1) is 18.3 Å². The average Bonchev–Trinajstić information content (AvgIpc) is 2.80. The topological polar surface area (TPSA) is 88.1 Å². The lowest BCUT2D eigenvalue weighted by atomic mass is 10.2. The molecule has 6 nitrogen and oxygen atoms in total. The molecule has 1 heterocycles. The molecule has 0 aliphatic rings. The van der Waals surface area contributed by atoms with E-state index >= 15 is 0 Å². The predicted octanol–water partition coefficient (Wildman–Crippen LogP) is 1.76. The maximum atomic E-state index is 11.0. The molecule has 0 spiro atoms. The molecule has 0 unspecified atom stereocenters. The van der Waals surface area contributed by atoms with E-state index in [1.807, 2.05) is 6.07 Å². The summed E-state index contributed by atoms with van der Waals surface area (Å²) < 4.78 is 6.47. The number of ether oxygens (including phenoxy) is 1. The van der Waals surface area contributed by atoms with Crippen molar-refractivity contribution < 1.29 is 14.6 Å². The molecule has 0 aliphatic carbocycles. The number of aromatic nitrogens is 2. The number of aromatic carboxylic acids is 1. The van der Waals surface area contributed by atoms with Crippen LogP contribution >= 0.6 is 0 Å². The van der Waals surface area contributed by atoms with Gasteiger partial charge in [0.2, 0.25) is 0 Å². The van der Waals surface area contributed by atoms with Crippen LogP contribution in [0.4, 0.5) is 0 Å². The maximum absolute atomic E-state index is 11.0. The summed E-state index contributed by atoms with van der Waals surface area (Å²) in [5.41, 5.74) is 1.36. The molecule has 2 aromatic rings. The second-order valence-corrected chi connectivity index (χ2v) is 3.87. The third kappa shape index (κ3) is 2.26. The summed E-state index contributed by atoms with van der Waals surface area (Å²) in [6.45, 7) is 1.60. The minimum absolute atomic E-state index is 0.103. The molecule has 1 N–H and O–H groups in total. The quantitative estimate of drug-likeness (QED) is 0.905. The Morgan fingerprint density at radius 2 is 2.26 bits per heavy atom. The molecule has 0 bridgehead atoms. The monoisotopic (exact) mass is 257 g/mol. The lowest BCUT2D eigenvalue weighted by molar-refractivity contribution is 0.0696. The van der Waals surface area contributed by atoms with Crippen molar-refractivity contribution in [3.63, 3.8) is 0 Å². The van der Waals surface area contributed by atoms with E-state index < -0.39 is 5.97 Å². The Balaban J connectivity index is 2.61. The molecular weight excluding hydrogens is 246 g/mol. The van der Waals surface area contributed by atoms with Gasteiger partial charge in [0, 0.05) is 12.3 Å². The fraction of sp³-hybridized carbons (Fsp3) is 0.154. The molecule has 2 rings (SSSR count). The molecule has 0 aliphatic heterocycles. The lowest BCUT2D eigenvalue weighted by Crippen LogP contribution is -1.99. The molecule has 96 valence electrons. The second-order valence-electron chi connectivity index (χ2n) is 3.87. The number of hydrogen-bond acceptors (Lipinski definition) is 4. The van der Waals surface area contributed by atoms with E-state index in [-0.39, 0.29) is 5.56 Å². The number of nitriles is 1. The van der Waals surface area contributed by atoms with E-state index in [0.717, 1.165) is 0 Å². The number of aryl methyl sites for hydroxylation is 1. The first-order valence-corrected chi connectivity index (χ1v) is 5.45. The summed E-state index contributed by atoms with van der Waals surface area (Å²) in [5.74, 6) is -0.482. The molecule has 0 atom stereocenters. The van der Waals surface area contributed by atoms with Gasteiger partial charge >= 0.3 is 5.97 Å². The normalized spacial score (nSPS) is 9.95. The van der Waals surface area contributed by atoms with Crippen molar-refractivity contribution in [1.29, 1.82) is 5.26 Å². The largest absolute Gasteiger partial charge is 0.497 e. The van der Waals surface area contributed by atoms with Crippen molar-refractivity contribution in [3.05, 3.63) is 41.2 Å². The number of nitrogens with zero attached hydrogens (tertiary/aromatic N) is 3. The third-order valence-electron chi connectivity index (χ3n) is 2.70. The van der Waals surface area contributed by atoms with E-state index in [1.165, 1.54) is 18.0 Å². The van der Waals surface area contributed by atoms with Gasteiger partial charge in [-0.1, -0.05) is 0 Å². The molecular formula is C13H11N3O3. The Morgan fingerprint density at radius 3 is 2.79 bits per heavy atom. The first-order valence-electron chi connectivity index (χ1n) is 5.45. The predicted molar refractivity (Wildman–Crippen MR) is 66.5 cm³/mol. The van der Waals surface area contributed by atoms with Gasteiger partial charge in [-0.05, 0) is 19.1 Å². The third-order valence-corrected chi connectivity index (χ3v) is 2.70. The van der Waals surface area contributed by atoms with Gasteiger partial charge in [0.25, 0.3) is 0 Å². The molecule has 0 saturated carbocycles. The van der Waals surface area contributed by atoms with Crippen molar-refractivity contribution in [2.75, 3.05) is 7.11 Å². The number of carboxylic acids is 1. The van der Waals surface area contributed by atoms with Crippen LogP contribution in [0.3, 0.4) is 0 Å². The minimum atomic E-state index is -1.05. The summed E-state index contributed by atoms with van der Waals surface area (Å²) in [6, 6.07) is 6.94. The molecule has 1 aromatic carbocycles. The summed E-state index contributed by atoms with van der Waals surface area (Å²) in [6.07, 6.45) is 1.38. The van der Waals surface area contributed by atoms with Gasteiger partial charge in [0.05, 0.1) is 24.1 Å².